The molecule has 3 heteroatoms. The van der Waals surface area contributed by atoms with E-state index in [2.05, 4.69) is 25.1 Å². The van der Waals surface area contributed by atoms with Crippen molar-refractivity contribution < 1.29 is 4.79 Å². The number of carbonyl (C=O) groups excluding carboxylic acids is 1. The highest BCUT2D eigenvalue weighted by Crippen LogP contribution is 2.22. The molecule has 22 heavy (non-hydrogen) atoms. The number of rotatable bonds is 5. The molecule has 1 aromatic carbocycles. The first kappa shape index (κ1) is 14.9. The lowest BCUT2D eigenvalue weighted by molar-refractivity contribution is 0.105. The van der Waals surface area contributed by atoms with Gasteiger partial charge in [-0.3, -0.25) is 4.79 Å². The Hall–Kier alpha value is -1.97. The molecule has 1 nitrogen and oxygen atoms in total. The van der Waals surface area contributed by atoms with E-state index >= 15 is 0 Å². The number of aryl methyl sites for hydroxylation is 1. The molecule has 0 atom stereocenters. The van der Waals surface area contributed by atoms with Crippen LogP contribution in [0, 0.1) is 6.92 Å². The summed E-state index contributed by atoms with van der Waals surface area (Å²) >= 11 is 3.28. The average molecular weight is 324 g/mol. The fourth-order valence-electron chi connectivity index (χ4n) is 2.19. The first-order valence-corrected chi connectivity index (χ1v) is 8.75. The van der Waals surface area contributed by atoms with Crippen molar-refractivity contribution in [3.05, 3.63) is 85.7 Å². The molecule has 0 saturated carbocycles. The van der Waals surface area contributed by atoms with Gasteiger partial charge in [0.15, 0.2) is 5.78 Å². The predicted molar refractivity (Wildman–Crippen MR) is 96.0 cm³/mol. The number of ketones is 1. The molecule has 0 aliphatic rings. The van der Waals surface area contributed by atoms with Crippen molar-refractivity contribution in [2.75, 3.05) is 0 Å². The topological polar surface area (TPSA) is 17.1 Å². The standard InChI is InChI=1S/C19H16OS2/c1-14-7-8-16(21-14)9-11-18(20)19-12-10-17(22-19)13-15-5-3-2-4-6-15/h2-12H,13H2,1H3/b11-9+. The van der Waals surface area contributed by atoms with Gasteiger partial charge in [0.25, 0.3) is 0 Å². The zero-order chi connectivity index (χ0) is 15.4. The summed E-state index contributed by atoms with van der Waals surface area (Å²) in [6, 6.07) is 18.4. The van der Waals surface area contributed by atoms with Crippen LogP contribution in [0.3, 0.4) is 0 Å². The van der Waals surface area contributed by atoms with Crippen LogP contribution in [-0.2, 0) is 6.42 Å². The third kappa shape index (κ3) is 3.81. The Balaban J connectivity index is 1.68. The van der Waals surface area contributed by atoms with E-state index in [1.807, 2.05) is 42.5 Å². The summed E-state index contributed by atoms with van der Waals surface area (Å²) in [7, 11) is 0. The van der Waals surface area contributed by atoms with Crippen molar-refractivity contribution >= 4 is 34.5 Å². The quantitative estimate of drug-likeness (QED) is 0.441. The molecule has 2 heterocycles. The number of hydrogen-bond acceptors (Lipinski definition) is 3. The molecule has 0 aliphatic carbocycles. The average Bonchev–Trinajstić information content (AvgIpc) is 3.15. The summed E-state index contributed by atoms with van der Waals surface area (Å²) in [5, 5.41) is 0. The Morgan fingerprint density at radius 3 is 2.55 bits per heavy atom. The summed E-state index contributed by atoms with van der Waals surface area (Å²) in [5.41, 5.74) is 1.27. The van der Waals surface area contributed by atoms with E-state index < -0.39 is 0 Å². The van der Waals surface area contributed by atoms with E-state index in [-0.39, 0.29) is 5.78 Å². The van der Waals surface area contributed by atoms with Crippen LogP contribution >= 0.6 is 22.7 Å². The number of allylic oxidation sites excluding steroid dienone is 1. The van der Waals surface area contributed by atoms with Crippen LogP contribution in [0.2, 0.25) is 0 Å². The van der Waals surface area contributed by atoms with Gasteiger partial charge in [0, 0.05) is 21.1 Å². The normalized spacial score (nSPS) is 11.1. The second kappa shape index (κ2) is 6.86. The zero-order valence-electron chi connectivity index (χ0n) is 12.3. The Labute approximate surface area is 138 Å². The molecule has 2 aromatic heterocycles. The number of thiophene rings is 2. The molecule has 0 spiro atoms. The SMILES string of the molecule is Cc1ccc(/C=C/C(=O)c2ccc(Cc3ccccc3)s2)s1. The molecule has 0 unspecified atom stereocenters. The van der Waals surface area contributed by atoms with Gasteiger partial charge in [-0.25, -0.2) is 0 Å². The summed E-state index contributed by atoms with van der Waals surface area (Å²) in [5.74, 6) is 0.0790. The van der Waals surface area contributed by atoms with Crippen molar-refractivity contribution in [3.63, 3.8) is 0 Å². The van der Waals surface area contributed by atoms with Gasteiger partial charge in [-0.1, -0.05) is 30.3 Å². The maximum absolute atomic E-state index is 12.2. The molecule has 0 amide bonds. The fourth-order valence-corrected chi connectivity index (χ4v) is 3.93. The molecule has 0 radical (unpaired) electrons. The van der Waals surface area contributed by atoms with E-state index in [0.29, 0.717) is 0 Å². The first-order chi connectivity index (χ1) is 10.7. The van der Waals surface area contributed by atoms with Gasteiger partial charge in [-0.05, 0) is 48.9 Å². The number of carbonyl (C=O) groups is 1. The van der Waals surface area contributed by atoms with Crippen LogP contribution in [0.4, 0.5) is 0 Å². The van der Waals surface area contributed by atoms with Gasteiger partial charge >= 0.3 is 0 Å². The Morgan fingerprint density at radius 2 is 1.82 bits per heavy atom. The lowest BCUT2D eigenvalue weighted by atomic mass is 10.1. The van der Waals surface area contributed by atoms with Gasteiger partial charge in [-0.2, -0.15) is 0 Å². The smallest absolute Gasteiger partial charge is 0.195 e. The zero-order valence-corrected chi connectivity index (χ0v) is 13.9. The fraction of sp³-hybridized carbons (Fsp3) is 0.105. The van der Waals surface area contributed by atoms with Crippen LogP contribution in [0.1, 0.15) is 29.9 Å². The maximum Gasteiger partial charge on any atom is 0.195 e. The Bertz CT molecular complexity index is 794. The van der Waals surface area contributed by atoms with Crippen molar-refractivity contribution in [3.8, 4) is 0 Å². The second-order valence-electron chi connectivity index (χ2n) is 5.07. The first-order valence-electron chi connectivity index (χ1n) is 7.12. The molecular weight excluding hydrogens is 308 g/mol. The molecule has 0 fully saturated rings. The van der Waals surface area contributed by atoms with Gasteiger partial charge in [0.1, 0.15) is 0 Å². The highest BCUT2D eigenvalue weighted by Gasteiger charge is 2.07. The van der Waals surface area contributed by atoms with E-state index in [9.17, 15) is 4.79 Å². The van der Waals surface area contributed by atoms with Crippen LogP contribution in [0.25, 0.3) is 6.08 Å². The van der Waals surface area contributed by atoms with Crippen molar-refractivity contribution in [2.45, 2.75) is 13.3 Å². The van der Waals surface area contributed by atoms with Gasteiger partial charge in [0.05, 0.1) is 4.88 Å². The highest BCUT2D eigenvalue weighted by molar-refractivity contribution is 7.14. The van der Waals surface area contributed by atoms with E-state index in [0.717, 1.165) is 16.2 Å². The minimum atomic E-state index is 0.0790. The van der Waals surface area contributed by atoms with Crippen molar-refractivity contribution in [1.29, 1.82) is 0 Å². The van der Waals surface area contributed by atoms with E-state index in [1.165, 1.54) is 15.3 Å². The van der Waals surface area contributed by atoms with Crippen LogP contribution < -0.4 is 0 Å². The maximum atomic E-state index is 12.2. The van der Waals surface area contributed by atoms with Crippen LogP contribution in [-0.4, -0.2) is 5.78 Å². The molecule has 110 valence electrons. The largest absolute Gasteiger partial charge is 0.288 e. The summed E-state index contributed by atoms with van der Waals surface area (Å²) in [6.07, 6.45) is 4.45. The summed E-state index contributed by atoms with van der Waals surface area (Å²) in [4.78, 5) is 16.6. The van der Waals surface area contributed by atoms with Gasteiger partial charge in [-0.15, -0.1) is 22.7 Å². The number of hydrogen-bond donors (Lipinski definition) is 0. The van der Waals surface area contributed by atoms with Crippen molar-refractivity contribution in [2.24, 2.45) is 0 Å². The van der Waals surface area contributed by atoms with Crippen LogP contribution in [0.15, 0.2) is 60.7 Å². The van der Waals surface area contributed by atoms with Crippen LogP contribution in [0.5, 0.6) is 0 Å². The van der Waals surface area contributed by atoms with E-state index in [4.69, 9.17) is 0 Å². The lowest BCUT2D eigenvalue weighted by Crippen LogP contribution is -1.88. The molecule has 3 aromatic rings. The highest BCUT2D eigenvalue weighted by atomic mass is 32.1. The second-order valence-corrected chi connectivity index (χ2v) is 7.56. The monoisotopic (exact) mass is 324 g/mol. The molecule has 0 N–H and O–H groups in total. The lowest BCUT2D eigenvalue weighted by Gasteiger charge is -1.96. The van der Waals surface area contributed by atoms with Gasteiger partial charge < -0.3 is 0 Å². The molecule has 0 bridgehead atoms. The molecule has 0 saturated heterocycles. The minimum Gasteiger partial charge on any atom is -0.288 e. The van der Waals surface area contributed by atoms with E-state index in [1.54, 1.807) is 28.7 Å². The Morgan fingerprint density at radius 1 is 1.00 bits per heavy atom. The summed E-state index contributed by atoms with van der Waals surface area (Å²) in [6.45, 7) is 2.07. The molecule has 0 aliphatic heterocycles. The molecule has 3 rings (SSSR count). The molecular formula is C19H16OS2. The Kier molecular flexibility index (Phi) is 4.66. The minimum absolute atomic E-state index is 0.0790. The third-order valence-corrected chi connectivity index (χ3v) is 5.35. The van der Waals surface area contributed by atoms with Gasteiger partial charge in [0.2, 0.25) is 0 Å². The third-order valence-electron chi connectivity index (χ3n) is 3.29. The number of benzene rings is 1. The summed E-state index contributed by atoms with van der Waals surface area (Å²) < 4.78 is 0. The van der Waals surface area contributed by atoms with Crippen molar-refractivity contribution in [1.82, 2.24) is 0 Å². The predicted octanol–water partition coefficient (Wildman–Crippen LogP) is 5.60.